The number of carbonyl (C=O) groups excluding carboxylic acids is 2. The van der Waals surface area contributed by atoms with E-state index in [2.05, 4.69) is 10.1 Å². The van der Waals surface area contributed by atoms with Crippen LogP contribution in [-0.4, -0.2) is 30.9 Å². The fraction of sp³-hybridized carbons (Fsp3) is 0.529. The minimum atomic E-state index is -0.308. The molecule has 0 spiro atoms. The van der Waals surface area contributed by atoms with Gasteiger partial charge in [-0.05, 0) is 44.7 Å². The Morgan fingerprint density at radius 1 is 1.33 bits per heavy atom. The van der Waals surface area contributed by atoms with E-state index in [9.17, 15) is 9.59 Å². The number of hydrogen-bond donors (Lipinski definition) is 1. The third kappa shape index (κ3) is 4.39. The Morgan fingerprint density at radius 2 is 2.05 bits per heavy atom. The maximum Gasteiger partial charge on any atom is 0.305 e. The Labute approximate surface area is 125 Å². The van der Waals surface area contributed by atoms with E-state index in [0.717, 1.165) is 29.5 Å². The average Bonchev–Trinajstić information content (AvgIpc) is 3.28. The van der Waals surface area contributed by atoms with Crippen molar-refractivity contribution < 1.29 is 14.3 Å². The molecule has 0 aromatic heterocycles. The van der Waals surface area contributed by atoms with Gasteiger partial charge in [0.1, 0.15) is 0 Å². The highest BCUT2D eigenvalue weighted by molar-refractivity contribution is 6.01. The van der Waals surface area contributed by atoms with Gasteiger partial charge in [0.2, 0.25) is 0 Å². The van der Waals surface area contributed by atoms with Crippen LogP contribution in [0.15, 0.2) is 18.2 Å². The fourth-order valence-electron chi connectivity index (χ4n) is 2.38. The van der Waals surface area contributed by atoms with Crippen molar-refractivity contribution in [3.05, 3.63) is 34.9 Å². The molecule has 1 atom stereocenters. The Morgan fingerprint density at radius 3 is 2.67 bits per heavy atom. The Balaban J connectivity index is 2.12. The highest BCUT2D eigenvalue weighted by Gasteiger charge is 2.29. The van der Waals surface area contributed by atoms with E-state index in [1.807, 2.05) is 32.0 Å². The van der Waals surface area contributed by atoms with E-state index < -0.39 is 0 Å². The van der Waals surface area contributed by atoms with Crippen molar-refractivity contribution in [2.45, 2.75) is 51.6 Å². The second-order valence-corrected chi connectivity index (χ2v) is 5.79. The fourth-order valence-corrected chi connectivity index (χ4v) is 2.38. The lowest BCUT2D eigenvalue weighted by Crippen LogP contribution is -2.39. The van der Waals surface area contributed by atoms with E-state index >= 15 is 0 Å². The molecule has 1 fully saturated rings. The number of Topliss-reactive ketones (excluding diaryl/α,β-unsaturated/α-hetero) is 1. The average molecular weight is 289 g/mol. The summed E-state index contributed by atoms with van der Waals surface area (Å²) in [5.41, 5.74) is 2.80. The van der Waals surface area contributed by atoms with Gasteiger partial charge >= 0.3 is 5.97 Å². The quantitative estimate of drug-likeness (QED) is 0.619. The van der Waals surface area contributed by atoms with Gasteiger partial charge in [-0.3, -0.25) is 9.59 Å². The van der Waals surface area contributed by atoms with Crippen LogP contribution >= 0.6 is 0 Å². The number of ketones is 1. The summed E-state index contributed by atoms with van der Waals surface area (Å²) in [5, 5.41) is 3.36. The standard InChI is InChI=1S/C17H23NO3/c1-11-4-5-12(2)14(10-11)17(20)15(18-13-6-7-13)8-9-16(19)21-3/h4-5,10,13,15,18H,6-9H2,1-3H3. The summed E-state index contributed by atoms with van der Waals surface area (Å²) in [6.45, 7) is 3.93. The maximum atomic E-state index is 12.8. The van der Waals surface area contributed by atoms with Crippen molar-refractivity contribution in [1.82, 2.24) is 5.32 Å². The summed E-state index contributed by atoms with van der Waals surface area (Å²) in [7, 11) is 1.37. The van der Waals surface area contributed by atoms with Crippen LogP contribution in [0.2, 0.25) is 0 Å². The summed E-state index contributed by atoms with van der Waals surface area (Å²) >= 11 is 0. The lowest BCUT2D eigenvalue weighted by atomic mass is 9.95. The maximum absolute atomic E-state index is 12.8. The van der Waals surface area contributed by atoms with Crippen LogP contribution in [0.4, 0.5) is 0 Å². The number of ether oxygens (including phenoxy) is 1. The first-order valence-corrected chi connectivity index (χ1v) is 7.45. The number of aryl methyl sites for hydroxylation is 2. The van der Waals surface area contributed by atoms with E-state index in [0.29, 0.717) is 12.5 Å². The molecule has 0 saturated heterocycles. The lowest BCUT2D eigenvalue weighted by molar-refractivity contribution is -0.140. The van der Waals surface area contributed by atoms with Crippen LogP contribution in [0.5, 0.6) is 0 Å². The number of benzene rings is 1. The molecule has 1 unspecified atom stereocenters. The minimum Gasteiger partial charge on any atom is -0.469 e. The molecule has 0 amide bonds. The number of esters is 1. The predicted octanol–water partition coefficient (Wildman–Crippen LogP) is 2.56. The third-order valence-electron chi connectivity index (χ3n) is 3.85. The van der Waals surface area contributed by atoms with Crippen molar-refractivity contribution in [3.63, 3.8) is 0 Å². The number of methoxy groups -OCH3 is 1. The van der Waals surface area contributed by atoms with Gasteiger partial charge in [0.05, 0.1) is 13.2 Å². The summed E-state index contributed by atoms with van der Waals surface area (Å²) in [5.74, 6) is -0.196. The normalized spacial score (nSPS) is 15.6. The molecule has 1 saturated carbocycles. The summed E-state index contributed by atoms with van der Waals surface area (Å²) in [4.78, 5) is 24.1. The molecule has 0 aliphatic heterocycles. The number of rotatable bonds is 7. The molecule has 4 heteroatoms. The first-order valence-electron chi connectivity index (χ1n) is 7.45. The van der Waals surface area contributed by atoms with Crippen LogP contribution in [0.3, 0.4) is 0 Å². The summed E-state index contributed by atoms with van der Waals surface area (Å²) in [6, 6.07) is 6.01. The molecule has 1 N–H and O–H groups in total. The lowest BCUT2D eigenvalue weighted by Gasteiger charge is -2.18. The van der Waals surface area contributed by atoms with Crippen molar-refractivity contribution >= 4 is 11.8 Å². The van der Waals surface area contributed by atoms with Gasteiger partial charge in [0, 0.05) is 18.0 Å². The molecule has 1 aromatic carbocycles. The molecule has 1 aliphatic carbocycles. The molecule has 4 nitrogen and oxygen atoms in total. The number of hydrogen-bond acceptors (Lipinski definition) is 4. The Kier molecular flexibility index (Phi) is 5.12. The summed E-state index contributed by atoms with van der Waals surface area (Å²) in [6.07, 6.45) is 2.95. The van der Waals surface area contributed by atoms with Gasteiger partial charge in [0.25, 0.3) is 0 Å². The molecule has 21 heavy (non-hydrogen) atoms. The molecular weight excluding hydrogens is 266 g/mol. The second kappa shape index (κ2) is 6.85. The van der Waals surface area contributed by atoms with Crippen LogP contribution in [0, 0.1) is 13.8 Å². The van der Waals surface area contributed by atoms with Gasteiger partial charge in [-0.25, -0.2) is 0 Å². The van der Waals surface area contributed by atoms with Crippen LogP contribution in [0.25, 0.3) is 0 Å². The molecule has 2 rings (SSSR count). The molecule has 0 heterocycles. The van der Waals surface area contributed by atoms with Crippen molar-refractivity contribution in [1.29, 1.82) is 0 Å². The summed E-state index contributed by atoms with van der Waals surface area (Å²) < 4.78 is 4.67. The number of nitrogens with one attached hydrogen (secondary N) is 1. The SMILES string of the molecule is COC(=O)CCC(NC1CC1)C(=O)c1cc(C)ccc1C. The highest BCUT2D eigenvalue weighted by Crippen LogP contribution is 2.22. The number of carbonyl (C=O) groups is 2. The minimum absolute atomic E-state index is 0.0759. The van der Waals surface area contributed by atoms with Crippen LogP contribution in [-0.2, 0) is 9.53 Å². The smallest absolute Gasteiger partial charge is 0.305 e. The third-order valence-corrected chi connectivity index (χ3v) is 3.85. The molecule has 0 bridgehead atoms. The van der Waals surface area contributed by atoms with E-state index in [1.54, 1.807) is 0 Å². The second-order valence-electron chi connectivity index (χ2n) is 5.79. The van der Waals surface area contributed by atoms with Gasteiger partial charge in [0.15, 0.2) is 5.78 Å². The predicted molar refractivity (Wildman–Crippen MR) is 81.4 cm³/mol. The largest absolute Gasteiger partial charge is 0.469 e. The Hall–Kier alpha value is -1.68. The van der Waals surface area contributed by atoms with Crippen molar-refractivity contribution in [2.75, 3.05) is 7.11 Å². The van der Waals surface area contributed by atoms with Gasteiger partial charge in [-0.1, -0.05) is 17.7 Å². The first kappa shape index (κ1) is 15.7. The first-order chi connectivity index (χ1) is 10.0. The topological polar surface area (TPSA) is 55.4 Å². The molecule has 1 aromatic rings. The van der Waals surface area contributed by atoms with Crippen LogP contribution < -0.4 is 5.32 Å². The van der Waals surface area contributed by atoms with Gasteiger partial charge in [-0.2, -0.15) is 0 Å². The van der Waals surface area contributed by atoms with Crippen LogP contribution in [0.1, 0.15) is 47.2 Å². The molecule has 114 valence electrons. The molecule has 1 aliphatic rings. The van der Waals surface area contributed by atoms with Gasteiger partial charge < -0.3 is 10.1 Å². The highest BCUT2D eigenvalue weighted by atomic mass is 16.5. The van der Waals surface area contributed by atoms with Crippen molar-refractivity contribution in [3.8, 4) is 0 Å². The van der Waals surface area contributed by atoms with Gasteiger partial charge in [-0.15, -0.1) is 0 Å². The Bertz CT molecular complexity index is 535. The van der Waals surface area contributed by atoms with E-state index in [-0.39, 0.29) is 24.2 Å². The zero-order valence-corrected chi connectivity index (χ0v) is 12.9. The molecule has 0 radical (unpaired) electrons. The zero-order valence-electron chi connectivity index (χ0n) is 12.9. The molecular formula is C17H23NO3. The van der Waals surface area contributed by atoms with E-state index in [4.69, 9.17) is 0 Å². The van der Waals surface area contributed by atoms with Crippen molar-refractivity contribution in [2.24, 2.45) is 0 Å². The zero-order chi connectivity index (χ0) is 15.4. The monoisotopic (exact) mass is 289 g/mol. The van der Waals surface area contributed by atoms with E-state index in [1.165, 1.54) is 7.11 Å².